The Bertz CT molecular complexity index is 545. The molecule has 24 heavy (non-hydrogen) atoms. The molecule has 0 unspecified atom stereocenters. The smallest absolute Gasteiger partial charge is 0.273 e. The molecule has 0 spiro atoms. The van der Waals surface area contributed by atoms with Gasteiger partial charge in [-0.15, -0.1) is 11.3 Å². The van der Waals surface area contributed by atoms with Gasteiger partial charge in [0.25, 0.3) is 5.91 Å². The third-order valence-corrected chi connectivity index (χ3v) is 5.84. The molecule has 0 aromatic carbocycles. The topological polar surface area (TPSA) is 65.9 Å². The van der Waals surface area contributed by atoms with E-state index in [2.05, 4.69) is 16.8 Å². The molecule has 0 radical (unpaired) electrons. The number of hydrogen-bond acceptors (Lipinski definition) is 6. The summed E-state index contributed by atoms with van der Waals surface area (Å²) in [6.45, 7) is 7.95. The molecule has 2 aliphatic rings. The van der Waals surface area contributed by atoms with Gasteiger partial charge in [0.1, 0.15) is 5.69 Å². The average molecular weight is 353 g/mol. The van der Waals surface area contributed by atoms with Crippen LogP contribution < -0.4 is 0 Å². The molecule has 0 saturated carbocycles. The predicted octanol–water partition coefficient (Wildman–Crippen LogP) is 1.11. The van der Waals surface area contributed by atoms with E-state index in [0.29, 0.717) is 24.7 Å². The lowest BCUT2D eigenvalue weighted by Gasteiger charge is -2.30. The maximum Gasteiger partial charge on any atom is 0.273 e. The summed E-state index contributed by atoms with van der Waals surface area (Å²) in [7, 11) is 0. The highest BCUT2D eigenvalue weighted by molar-refractivity contribution is 7.09. The van der Waals surface area contributed by atoms with E-state index in [1.165, 1.54) is 0 Å². The Hall–Kier alpha value is -1.02. The van der Waals surface area contributed by atoms with Crippen molar-refractivity contribution in [3.05, 3.63) is 16.1 Å². The van der Waals surface area contributed by atoms with Crippen molar-refractivity contribution < 1.29 is 14.6 Å². The number of morpholine rings is 1. The molecule has 2 atom stereocenters. The summed E-state index contributed by atoms with van der Waals surface area (Å²) in [5.41, 5.74) is 0.562. The Morgan fingerprint density at radius 1 is 1.38 bits per heavy atom. The van der Waals surface area contributed by atoms with E-state index in [0.717, 1.165) is 50.7 Å². The first kappa shape index (κ1) is 17.8. The molecule has 1 amide bonds. The first-order valence-electron chi connectivity index (χ1n) is 8.86. The Kier molecular flexibility index (Phi) is 6.21. The Balaban J connectivity index is 1.60. The molecule has 3 heterocycles. The second kappa shape index (κ2) is 8.38. The average Bonchev–Trinajstić information content (AvgIpc) is 3.22. The number of carbonyl (C=O) groups is 1. The highest BCUT2D eigenvalue weighted by Crippen LogP contribution is 2.26. The third-order valence-electron chi connectivity index (χ3n) is 4.93. The van der Waals surface area contributed by atoms with Gasteiger partial charge >= 0.3 is 0 Å². The second-order valence-corrected chi connectivity index (χ2v) is 7.64. The minimum Gasteiger partial charge on any atom is -0.396 e. The van der Waals surface area contributed by atoms with E-state index in [1.807, 2.05) is 10.3 Å². The van der Waals surface area contributed by atoms with Crippen LogP contribution in [0, 0.1) is 11.8 Å². The number of aliphatic hydroxyl groups is 1. The minimum absolute atomic E-state index is 0.0107. The number of nitrogens with zero attached hydrogens (tertiary/aromatic N) is 3. The summed E-state index contributed by atoms with van der Waals surface area (Å²) in [4.78, 5) is 21.4. The van der Waals surface area contributed by atoms with Crippen molar-refractivity contribution in [2.45, 2.75) is 19.8 Å². The zero-order chi connectivity index (χ0) is 16.9. The number of aliphatic hydroxyl groups excluding tert-OH is 1. The summed E-state index contributed by atoms with van der Waals surface area (Å²) in [5.74, 6) is 0.493. The fourth-order valence-corrected chi connectivity index (χ4v) is 4.41. The minimum atomic E-state index is 0.0107. The summed E-state index contributed by atoms with van der Waals surface area (Å²) >= 11 is 1.57. The molecule has 134 valence electrons. The lowest BCUT2D eigenvalue weighted by molar-refractivity contribution is 0.0264. The largest absolute Gasteiger partial charge is 0.396 e. The van der Waals surface area contributed by atoms with Gasteiger partial charge in [-0.25, -0.2) is 4.98 Å². The number of ether oxygens (including phenoxy) is 1. The van der Waals surface area contributed by atoms with Crippen LogP contribution in [0.4, 0.5) is 0 Å². The SMILES string of the molecule is CCCc1nc(C(=O)N2C[C@@H](CN3CCOCC3)[C@@H](CO)C2)cs1. The zero-order valence-corrected chi connectivity index (χ0v) is 15.1. The Morgan fingerprint density at radius 3 is 2.83 bits per heavy atom. The maximum atomic E-state index is 12.7. The Labute approximate surface area is 147 Å². The summed E-state index contributed by atoms with van der Waals surface area (Å²) in [6.07, 6.45) is 1.97. The van der Waals surface area contributed by atoms with Crippen molar-refractivity contribution >= 4 is 17.2 Å². The maximum absolute atomic E-state index is 12.7. The predicted molar refractivity (Wildman–Crippen MR) is 93.3 cm³/mol. The number of aromatic nitrogens is 1. The molecular formula is C17H27N3O3S. The fourth-order valence-electron chi connectivity index (χ4n) is 3.53. The molecule has 3 rings (SSSR count). The van der Waals surface area contributed by atoms with Crippen LogP contribution in [-0.4, -0.2) is 78.3 Å². The van der Waals surface area contributed by atoms with E-state index in [1.54, 1.807) is 11.3 Å². The molecule has 1 aromatic heterocycles. The Morgan fingerprint density at radius 2 is 2.12 bits per heavy atom. The van der Waals surface area contributed by atoms with Crippen LogP contribution in [0.3, 0.4) is 0 Å². The van der Waals surface area contributed by atoms with Crippen LogP contribution in [0.5, 0.6) is 0 Å². The van der Waals surface area contributed by atoms with Crippen molar-refractivity contribution in [1.29, 1.82) is 0 Å². The number of thiazole rings is 1. The highest BCUT2D eigenvalue weighted by atomic mass is 32.1. The van der Waals surface area contributed by atoms with E-state index in [4.69, 9.17) is 4.74 Å². The monoisotopic (exact) mass is 353 g/mol. The molecule has 1 N–H and O–H groups in total. The summed E-state index contributed by atoms with van der Waals surface area (Å²) in [6, 6.07) is 0. The molecular weight excluding hydrogens is 326 g/mol. The molecule has 0 bridgehead atoms. The number of amides is 1. The van der Waals surface area contributed by atoms with Crippen molar-refractivity contribution in [3.63, 3.8) is 0 Å². The number of carbonyl (C=O) groups excluding carboxylic acids is 1. The van der Waals surface area contributed by atoms with Gasteiger partial charge in [0.15, 0.2) is 0 Å². The lowest BCUT2D eigenvalue weighted by Crippen LogP contribution is -2.41. The van der Waals surface area contributed by atoms with Crippen molar-refractivity contribution in [1.82, 2.24) is 14.8 Å². The molecule has 2 aliphatic heterocycles. The van der Waals surface area contributed by atoms with Gasteiger partial charge in [-0.1, -0.05) is 6.92 Å². The number of hydrogen-bond donors (Lipinski definition) is 1. The van der Waals surface area contributed by atoms with Gasteiger partial charge in [0.2, 0.25) is 0 Å². The second-order valence-electron chi connectivity index (χ2n) is 6.70. The van der Waals surface area contributed by atoms with Crippen LogP contribution in [0.1, 0.15) is 28.8 Å². The first-order chi connectivity index (χ1) is 11.7. The van der Waals surface area contributed by atoms with Crippen LogP contribution >= 0.6 is 11.3 Å². The molecule has 2 saturated heterocycles. The quantitative estimate of drug-likeness (QED) is 0.830. The van der Waals surface area contributed by atoms with Gasteiger partial charge in [0, 0.05) is 50.6 Å². The molecule has 6 nitrogen and oxygen atoms in total. The normalized spacial score (nSPS) is 25.3. The molecule has 2 fully saturated rings. The van der Waals surface area contributed by atoms with Crippen LogP contribution in [0.2, 0.25) is 0 Å². The number of aryl methyl sites for hydroxylation is 1. The van der Waals surface area contributed by atoms with E-state index >= 15 is 0 Å². The van der Waals surface area contributed by atoms with Crippen molar-refractivity contribution in [2.75, 3.05) is 52.5 Å². The van der Waals surface area contributed by atoms with Gasteiger partial charge in [-0.05, 0) is 18.8 Å². The number of likely N-dealkylation sites (tertiary alicyclic amines) is 1. The van der Waals surface area contributed by atoms with Gasteiger partial charge in [-0.3, -0.25) is 9.69 Å². The molecule has 0 aliphatic carbocycles. The van der Waals surface area contributed by atoms with Gasteiger partial charge in [0.05, 0.1) is 18.2 Å². The van der Waals surface area contributed by atoms with Crippen LogP contribution in [-0.2, 0) is 11.2 Å². The van der Waals surface area contributed by atoms with Crippen LogP contribution in [0.15, 0.2) is 5.38 Å². The fraction of sp³-hybridized carbons (Fsp3) is 0.765. The van der Waals surface area contributed by atoms with Gasteiger partial charge in [-0.2, -0.15) is 0 Å². The van der Waals surface area contributed by atoms with Crippen LogP contribution in [0.25, 0.3) is 0 Å². The first-order valence-corrected chi connectivity index (χ1v) is 9.73. The highest BCUT2D eigenvalue weighted by Gasteiger charge is 2.36. The number of rotatable bonds is 6. The van der Waals surface area contributed by atoms with E-state index < -0.39 is 0 Å². The van der Waals surface area contributed by atoms with Gasteiger partial charge < -0.3 is 14.7 Å². The molecule has 7 heteroatoms. The summed E-state index contributed by atoms with van der Waals surface area (Å²) in [5, 5.41) is 12.6. The summed E-state index contributed by atoms with van der Waals surface area (Å²) < 4.78 is 5.39. The standard InChI is InChI=1S/C17H27N3O3S/c1-2-3-16-18-15(12-24-16)17(22)20-9-13(14(10-20)11-21)8-19-4-6-23-7-5-19/h12-14,21H,2-11H2,1H3/t13-,14-/m1/s1. The lowest BCUT2D eigenvalue weighted by atomic mass is 9.96. The zero-order valence-electron chi connectivity index (χ0n) is 14.3. The third kappa shape index (κ3) is 4.14. The molecule has 1 aromatic rings. The van der Waals surface area contributed by atoms with Crippen molar-refractivity contribution in [3.8, 4) is 0 Å². The van der Waals surface area contributed by atoms with E-state index in [-0.39, 0.29) is 18.4 Å². The van der Waals surface area contributed by atoms with Crippen molar-refractivity contribution in [2.24, 2.45) is 11.8 Å². The van der Waals surface area contributed by atoms with E-state index in [9.17, 15) is 9.90 Å².